The fourth-order valence-corrected chi connectivity index (χ4v) is 1.47. The molecule has 0 bridgehead atoms. The van der Waals surface area contributed by atoms with Crippen LogP contribution in [-0.4, -0.2) is 24.4 Å². The zero-order valence-electron chi connectivity index (χ0n) is 9.52. The van der Waals surface area contributed by atoms with Crippen LogP contribution in [0.5, 0.6) is 0 Å². The van der Waals surface area contributed by atoms with Gasteiger partial charge in [0.2, 0.25) is 5.91 Å². The van der Waals surface area contributed by atoms with Crippen molar-refractivity contribution >= 4 is 5.91 Å². The maximum atomic E-state index is 10.5. The summed E-state index contributed by atoms with van der Waals surface area (Å²) in [6, 6.07) is 11.8. The summed E-state index contributed by atoms with van der Waals surface area (Å²) in [6.45, 7) is 0.957. The van der Waals surface area contributed by atoms with E-state index in [1.807, 2.05) is 37.4 Å². The van der Waals surface area contributed by atoms with E-state index in [2.05, 4.69) is 6.07 Å². The van der Waals surface area contributed by atoms with Crippen molar-refractivity contribution in [3.8, 4) is 6.07 Å². The van der Waals surface area contributed by atoms with E-state index in [0.29, 0.717) is 12.3 Å². The van der Waals surface area contributed by atoms with E-state index in [9.17, 15) is 4.79 Å². The van der Waals surface area contributed by atoms with Crippen LogP contribution in [-0.2, 0) is 11.2 Å². The van der Waals surface area contributed by atoms with Crippen molar-refractivity contribution in [2.45, 2.75) is 19.3 Å². The molecule has 1 fully saturated rings. The minimum absolute atomic E-state index is 0.292. The second kappa shape index (κ2) is 6.62. The normalized spacial score (nSPS) is 14.0. The molecular weight excluding hydrogens is 200 g/mol. The van der Waals surface area contributed by atoms with Gasteiger partial charge in [0, 0.05) is 20.0 Å². The number of amides is 1. The molecule has 16 heavy (non-hydrogen) atoms. The van der Waals surface area contributed by atoms with Crippen LogP contribution in [0.3, 0.4) is 0 Å². The molecule has 1 aliphatic heterocycles. The van der Waals surface area contributed by atoms with Gasteiger partial charge in [0.15, 0.2) is 0 Å². The summed E-state index contributed by atoms with van der Waals surface area (Å²) < 4.78 is 0. The van der Waals surface area contributed by atoms with E-state index in [1.54, 1.807) is 4.90 Å². The number of rotatable bonds is 1. The molecule has 3 nitrogen and oxygen atoms in total. The quantitative estimate of drug-likeness (QED) is 0.720. The molecular formula is C13H16N2O. The Balaban J connectivity index is 0.000000165. The van der Waals surface area contributed by atoms with Gasteiger partial charge >= 0.3 is 0 Å². The zero-order chi connectivity index (χ0) is 11.8. The van der Waals surface area contributed by atoms with Crippen LogP contribution in [0.25, 0.3) is 0 Å². The Morgan fingerprint density at radius 1 is 1.38 bits per heavy atom. The highest BCUT2D eigenvalue weighted by Crippen LogP contribution is 2.04. The summed E-state index contributed by atoms with van der Waals surface area (Å²) in [5.41, 5.74) is 1.08. The summed E-state index contributed by atoms with van der Waals surface area (Å²) in [4.78, 5) is 12.3. The predicted molar refractivity (Wildman–Crippen MR) is 62.6 cm³/mol. The predicted octanol–water partition coefficient (Wildman–Crippen LogP) is 1.99. The highest BCUT2D eigenvalue weighted by atomic mass is 16.2. The van der Waals surface area contributed by atoms with E-state index in [4.69, 9.17) is 5.26 Å². The lowest BCUT2D eigenvalue weighted by atomic mass is 10.2. The van der Waals surface area contributed by atoms with Crippen molar-refractivity contribution in [1.29, 1.82) is 5.26 Å². The molecule has 0 unspecified atom stereocenters. The Bertz CT molecular complexity index is 367. The Morgan fingerprint density at radius 2 is 2.06 bits per heavy atom. The Hall–Kier alpha value is -1.82. The molecule has 0 N–H and O–H groups in total. The minimum Gasteiger partial charge on any atom is -0.346 e. The van der Waals surface area contributed by atoms with Crippen molar-refractivity contribution in [3.05, 3.63) is 35.9 Å². The number of likely N-dealkylation sites (tertiary alicyclic amines) is 1. The van der Waals surface area contributed by atoms with Gasteiger partial charge in [-0.15, -0.1) is 0 Å². The largest absolute Gasteiger partial charge is 0.346 e. The SMILES string of the molecule is CN1CCCC1=O.N#CCc1ccccc1. The molecule has 1 aromatic rings. The fourth-order valence-electron chi connectivity index (χ4n) is 1.47. The summed E-state index contributed by atoms with van der Waals surface area (Å²) >= 11 is 0. The second-order valence-corrected chi connectivity index (χ2v) is 3.74. The lowest BCUT2D eigenvalue weighted by Gasteiger charge is -2.03. The van der Waals surface area contributed by atoms with Gasteiger partial charge in [-0.3, -0.25) is 4.79 Å². The Kier molecular flexibility index (Phi) is 5.07. The molecule has 0 spiro atoms. The van der Waals surface area contributed by atoms with Crippen molar-refractivity contribution in [2.24, 2.45) is 0 Å². The van der Waals surface area contributed by atoms with Gasteiger partial charge < -0.3 is 4.90 Å². The number of nitriles is 1. The number of carbonyl (C=O) groups is 1. The topological polar surface area (TPSA) is 44.1 Å². The molecule has 0 radical (unpaired) electrons. The summed E-state index contributed by atoms with van der Waals surface area (Å²) in [6.07, 6.45) is 2.33. The van der Waals surface area contributed by atoms with Crippen LogP contribution in [0.1, 0.15) is 18.4 Å². The monoisotopic (exact) mass is 216 g/mol. The van der Waals surface area contributed by atoms with Crippen molar-refractivity contribution < 1.29 is 4.79 Å². The van der Waals surface area contributed by atoms with Crippen LogP contribution in [0.15, 0.2) is 30.3 Å². The molecule has 84 valence electrons. The smallest absolute Gasteiger partial charge is 0.222 e. The summed E-state index contributed by atoms with van der Waals surface area (Å²) in [5, 5.41) is 8.27. The summed E-state index contributed by atoms with van der Waals surface area (Å²) in [5.74, 6) is 0.292. The molecule has 0 aliphatic carbocycles. The summed E-state index contributed by atoms with van der Waals surface area (Å²) in [7, 11) is 1.84. The highest BCUT2D eigenvalue weighted by molar-refractivity contribution is 5.77. The molecule has 0 atom stereocenters. The van der Waals surface area contributed by atoms with E-state index >= 15 is 0 Å². The zero-order valence-corrected chi connectivity index (χ0v) is 9.52. The van der Waals surface area contributed by atoms with Crippen molar-refractivity contribution in [2.75, 3.05) is 13.6 Å². The molecule has 1 saturated heterocycles. The average molecular weight is 216 g/mol. The lowest BCUT2D eigenvalue weighted by molar-refractivity contribution is -0.126. The third kappa shape index (κ3) is 4.14. The number of hydrogen-bond acceptors (Lipinski definition) is 2. The van der Waals surface area contributed by atoms with Crippen LogP contribution in [0.4, 0.5) is 0 Å². The van der Waals surface area contributed by atoms with Gasteiger partial charge in [-0.25, -0.2) is 0 Å². The van der Waals surface area contributed by atoms with Crippen LogP contribution >= 0.6 is 0 Å². The van der Waals surface area contributed by atoms with Crippen LogP contribution < -0.4 is 0 Å². The third-order valence-corrected chi connectivity index (χ3v) is 2.44. The number of hydrogen-bond donors (Lipinski definition) is 0. The van der Waals surface area contributed by atoms with Gasteiger partial charge in [0.25, 0.3) is 0 Å². The number of nitrogens with zero attached hydrogens (tertiary/aromatic N) is 2. The van der Waals surface area contributed by atoms with Crippen molar-refractivity contribution in [1.82, 2.24) is 4.90 Å². The molecule has 1 heterocycles. The molecule has 2 rings (SSSR count). The van der Waals surface area contributed by atoms with Crippen molar-refractivity contribution in [3.63, 3.8) is 0 Å². The Labute approximate surface area is 96.3 Å². The van der Waals surface area contributed by atoms with E-state index in [0.717, 1.165) is 24.9 Å². The van der Waals surface area contributed by atoms with E-state index in [-0.39, 0.29) is 0 Å². The molecule has 1 amide bonds. The first kappa shape index (κ1) is 12.3. The van der Waals surface area contributed by atoms with Gasteiger partial charge in [-0.1, -0.05) is 30.3 Å². The van der Waals surface area contributed by atoms with Gasteiger partial charge in [0.1, 0.15) is 0 Å². The molecule has 0 saturated carbocycles. The first-order valence-electron chi connectivity index (χ1n) is 5.39. The third-order valence-electron chi connectivity index (χ3n) is 2.44. The van der Waals surface area contributed by atoms with E-state index in [1.165, 1.54) is 0 Å². The molecule has 1 aliphatic rings. The highest BCUT2D eigenvalue weighted by Gasteiger charge is 2.14. The maximum Gasteiger partial charge on any atom is 0.222 e. The van der Waals surface area contributed by atoms with Gasteiger partial charge in [-0.05, 0) is 12.0 Å². The number of carbonyl (C=O) groups excluding carboxylic acids is 1. The average Bonchev–Trinajstić information content (AvgIpc) is 2.66. The van der Waals surface area contributed by atoms with Crippen LogP contribution in [0, 0.1) is 11.3 Å². The fraction of sp³-hybridized carbons (Fsp3) is 0.385. The number of benzene rings is 1. The Morgan fingerprint density at radius 3 is 2.44 bits per heavy atom. The van der Waals surface area contributed by atoms with E-state index < -0.39 is 0 Å². The second-order valence-electron chi connectivity index (χ2n) is 3.74. The molecule has 3 heteroatoms. The minimum atomic E-state index is 0.292. The first-order chi connectivity index (χ1) is 7.74. The molecule has 1 aromatic carbocycles. The van der Waals surface area contributed by atoms with Crippen LogP contribution in [0.2, 0.25) is 0 Å². The maximum absolute atomic E-state index is 10.5. The lowest BCUT2D eigenvalue weighted by Crippen LogP contribution is -2.17. The van der Waals surface area contributed by atoms with Gasteiger partial charge in [0.05, 0.1) is 12.5 Å². The standard InChI is InChI=1S/C8H7N.C5H9NO/c9-7-6-8-4-2-1-3-5-8;1-6-4-2-3-5(6)7/h1-5H,6H2;2-4H2,1H3. The van der Waals surface area contributed by atoms with Gasteiger partial charge in [-0.2, -0.15) is 5.26 Å². The first-order valence-corrected chi connectivity index (χ1v) is 5.39. The molecule has 0 aromatic heterocycles.